The summed E-state index contributed by atoms with van der Waals surface area (Å²) in [7, 11) is -2.44. The van der Waals surface area contributed by atoms with Crippen molar-refractivity contribution in [3.63, 3.8) is 0 Å². The maximum atomic E-state index is 12.7. The summed E-state index contributed by atoms with van der Waals surface area (Å²) in [5, 5.41) is 4.95. The number of hydrazone groups is 1. The van der Waals surface area contributed by atoms with Gasteiger partial charge >= 0.3 is 12.1 Å². The molecule has 0 atom stereocenters. The topological polar surface area (TPSA) is 101 Å². The standard InChI is InChI=1S/C15H22N4O5S/c1-5-23-12-9-7-8-11(3)13(12)25(21,22)17-14(20)19-10-18(4)15(16-19)24-6-2/h7-9H,5-6,10H2,1-4H3,(H,17,20). The Kier molecular flexibility index (Phi) is 5.73. The second kappa shape index (κ2) is 7.60. The molecule has 0 spiro atoms. The minimum Gasteiger partial charge on any atom is -0.492 e. The highest BCUT2D eigenvalue weighted by Gasteiger charge is 2.31. The first-order valence-electron chi connectivity index (χ1n) is 7.79. The number of aryl methyl sites for hydroxylation is 1. The molecular formula is C15H22N4O5S. The van der Waals surface area contributed by atoms with Gasteiger partial charge in [0.25, 0.3) is 10.0 Å². The average molecular weight is 370 g/mol. The van der Waals surface area contributed by atoms with Gasteiger partial charge in [-0.3, -0.25) is 0 Å². The molecule has 0 saturated heterocycles. The quantitative estimate of drug-likeness (QED) is 0.839. The number of urea groups is 1. The first-order chi connectivity index (χ1) is 11.8. The van der Waals surface area contributed by atoms with Gasteiger partial charge in [0.2, 0.25) is 0 Å². The molecule has 1 aromatic rings. The van der Waals surface area contributed by atoms with Crippen LogP contribution < -0.4 is 9.46 Å². The normalized spacial score (nSPS) is 14.3. The van der Waals surface area contributed by atoms with Gasteiger partial charge in [0, 0.05) is 7.05 Å². The molecule has 25 heavy (non-hydrogen) atoms. The highest BCUT2D eigenvalue weighted by Crippen LogP contribution is 2.27. The number of hydrogen-bond donors (Lipinski definition) is 1. The lowest BCUT2D eigenvalue weighted by molar-refractivity contribution is 0.197. The van der Waals surface area contributed by atoms with Crippen LogP contribution >= 0.6 is 0 Å². The van der Waals surface area contributed by atoms with Crippen LogP contribution in [0.5, 0.6) is 5.75 Å². The van der Waals surface area contributed by atoms with E-state index in [4.69, 9.17) is 9.47 Å². The van der Waals surface area contributed by atoms with Gasteiger partial charge in [-0.1, -0.05) is 12.1 Å². The van der Waals surface area contributed by atoms with Crippen molar-refractivity contribution in [2.45, 2.75) is 25.7 Å². The Labute approximate surface area is 147 Å². The summed E-state index contributed by atoms with van der Waals surface area (Å²) in [4.78, 5) is 13.8. The lowest BCUT2D eigenvalue weighted by Crippen LogP contribution is -2.41. The molecule has 9 nitrogen and oxygen atoms in total. The number of hydrogen-bond acceptors (Lipinski definition) is 7. The van der Waals surface area contributed by atoms with E-state index in [1.54, 1.807) is 50.9 Å². The zero-order valence-corrected chi connectivity index (χ0v) is 15.5. The van der Waals surface area contributed by atoms with E-state index in [1.807, 2.05) is 4.72 Å². The van der Waals surface area contributed by atoms with Gasteiger partial charge in [0.1, 0.15) is 17.3 Å². The molecule has 2 amide bonds. The van der Waals surface area contributed by atoms with E-state index in [0.29, 0.717) is 18.8 Å². The van der Waals surface area contributed by atoms with E-state index < -0.39 is 16.1 Å². The van der Waals surface area contributed by atoms with Gasteiger partial charge in [-0.15, -0.1) is 5.10 Å². The Balaban J connectivity index is 2.24. The molecule has 10 heteroatoms. The van der Waals surface area contributed by atoms with Crippen LogP contribution in [0.3, 0.4) is 0 Å². The van der Waals surface area contributed by atoms with Gasteiger partial charge < -0.3 is 14.4 Å². The van der Waals surface area contributed by atoms with Gasteiger partial charge in [-0.2, -0.15) is 5.01 Å². The van der Waals surface area contributed by atoms with Crippen molar-refractivity contribution < 1.29 is 22.7 Å². The molecule has 1 aromatic carbocycles. The Bertz CT molecular complexity index is 778. The average Bonchev–Trinajstić information content (AvgIpc) is 2.89. The predicted molar refractivity (Wildman–Crippen MR) is 91.6 cm³/mol. The van der Waals surface area contributed by atoms with Crippen molar-refractivity contribution in [1.82, 2.24) is 14.6 Å². The lowest BCUT2D eigenvalue weighted by Gasteiger charge is -2.17. The van der Waals surface area contributed by atoms with E-state index in [-0.39, 0.29) is 23.3 Å². The van der Waals surface area contributed by atoms with Gasteiger partial charge in [0.05, 0.1) is 13.2 Å². The molecule has 0 unspecified atom stereocenters. The van der Waals surface area contributed by atoms with Crippen molar-refractivity contribution in [1.29, 1.82) is 0 Å². The van der Waals surface area contributed by atoms with Crippen molar-refractivity contribution in [2.24, 2.45) is 5.10 Å². The van der Waals surface area contributed by atoms with Crippen molar-refractivity contribution in [3.05, 3.63) is 23.8 Å². The molecule has 0 aromatic heterocycles. The number of carbonyl (C=O) groups excluding carboxylic acids is 1. The molecule has 1 aliphatic heterocycles. The van der Waals surface area contributed by atoms with Gasteiger partial charge in [-0.05, 0) is 32.4 Å². The van der Waals surface area contributed by atoms with Crippen molar-refractivity contribution in [2.75, 3.05) is 26.9 Å². The number of amidine groups is 1. The summed E-state index contributed by atoms with van der Waals surface area (Å²) in [6.45, 7) is 5.95. The van der Waals surface area contributed by atoms with Crippen LogP contribution in [-0.4, -0.2) is 57.3 Å². The number of amides is 2. The number of nitrogens with zero attached hydrogens (tertiary/aromatic N) is 3. The number of carbonyl (C=O) groups is 1. The monoisotopic (exact) mass is 370 g/mol. The fraction of sp³-hybridized carbons (Fsp3) is 0.467. The molecule has 0 radical (unpaired) electrons. The van der Waals surface area contributed by atoms with E-state index in [1.165, 1.54) is 0 Å². The second-order valence-corrected chi connectivity index (χ2v) is 6.92. The molecule has 0 fully saturated rings. The highest BCUT2D eigenvalue weighted by molar-refractivity contribution is 7.90. The molecule has 138 valence electrons. The summed E-state index contributed by atoms with van der Waals surface area (Å²) in [6, 6.07) is 4.25. The van der Waals surface area contributed by atoms with Crippen molar-refractivity contribution >= 4 is 22.1 Å². The molecule has 2 rings (SSSR count). The minimum atomic E-state index is -4.12. The molecule has 1 heterocycles. The number of nitrogens with one attached hydrogen (secondary N) is 1. The minimum absolute atomic E-state index is 0.0632. The largest absolute Gasteiger partial charge is 0.492 e. The molecule has 1 aliphatic rings. The molecule has 0 bridgehead atoms. The third-order valence-electron chi connectivity index (χ3n) is 3.35. The Morgan fingerprint density at radius 3 is 2.60 bits per heavy atom. The summed E-state index contributed by atoms with van der Waals surface area (Å²) in [5.41, 5.74) is 0.475. The first kappa shape index (κ1) is 18.8. The summed E-state index contributed by atoms with van der Waals surface area (Å²) < 4.78 is 38.0. The van der Waals surface area contributed by atoms with E-state index in [2.05, 4.69) is 5.10 Å². The Hall–Kier alpha value is -2.49. The predicted octanol–water partition coefficient (Wildman–Crippen LogP) is 1.30. The number of rotatable bonds is 5. The van der Waals surface area contributed by atoms with Crippen LogP contribution in [-0.2, 0) is 14.8 Å². The molecule has 1 N–H and O–H groups in total. The third-order valence-corrected chi connectivity index (χ3v) is 4.86. The Morgan fingerprint density at radius 1 is 1.28 bits per heavy atom. The first-order valence-corrected chi connectivity index (χ1v) is 9.27. The maximum Gasteiger partial charge on any atom is 0.353 e. The van der Waals surface area contributed by atoms with Gasteiger partial charge in [0.15, 0.2) is 0 Å². The summed E-state index contributed by atoms with van der Waals surface area (Å²) in [6.07, 6.45) is 0. The molecule has 0 saturated carbocycles. The van der Waals surface area contributed by atoms with E-state index in [0.717, 1.165) is 5.01 Å². The lowest BCUT2D eigenvalue weighted by atomic mass is 10.2. The fourth-order valence-electron chi connectivity index (χ4n) is 2.31. The summed E-state index contributed by atoms with van der Waals surface area (Å²) >= 11 is 0. The number of benzene rings is 1. The molecule has 0 aliphatic carbocycles. The second-order valence-electron chi connectivity index (χ2n) is 5.30. The SMILES string of the molecule is CCOC1=NN(C(=O)NS(=O)(=O)c2c(C)cccc2OCC)CN1C. The van der Waals surface area contributed by atoms with Gasteiger partial charge in [-0.25, -0.2) is 17.9 Å². The molecular weight excluding hydrogens is 348 g/mol. The fourth-order valence-corrected chi connectivity index (χ4v) is 3.63. The third kappa shape index (κ3) is 4.13. The van der Waals surface area contributed by atoms with Crippen LogP contribution in [0.4, 0.5) is 4.79 Å². The summed E-state index contributed by atoms with van der Waals surface area (Å²) in [5.74, 6) is 0.194. The van der Waals surface area contributed by atoms with Crippen LogP contribution in [0.15, 0.2) is 28.2 Å². The van der Waals surface area contributed by atoms with Crippen LogP contribution in [0.1, 0.15) is 19.4 Å². The Morgan fingerprint density at radius 2 is 1.96 bits per heavy atom. The van der Waals surface area contributed by atoms with Crippen molar-refractivity contribution in [3.8, 4) is 5.75 Å². The van der Waals surface area contributed by atoms with E-state index in [9.17, 15) is 13.2 Å². The zero-order chi connectivity index (χ0) is 18.6. The smallest absolute Gasteiger partial charge is 0.353 e. The number of ether oxygens (including phenoxy) is 2. The van der Waals surface area contributed by atoms with Crippen LogP contribution in [0, 0.1) is 6.92 Å². The van der Waals surface area contributed by atoms with E-state index >= 15 is 0 Å². The van der Waals surface area contributed by atoms with Crippen LogP contribution in [0.2, 0.25) is 0 Å². The number of sulfonamides is 1. The zero-order valence-electron chi connectivity index (χ0n) is 14.6. The van der Waals surface area contributed by atoms with Crippen LogP contribution in [0.25, 0.3) is 0 Å². The maximum absolute atomic E-state index is 12.7. The highest BCUT2D eigenvalue weighted by atomic mass is 32.2.